The molecule has 1 aromatic heterocycles. The molecule has 0 saturated heterocycles. The number of halogens is 2. The van der Waals surface area contributed by atoms with Crippen molar-refractivity contribution >= 4 is 66.2 Å². The van der Waals surface area contributed by atoms with Crippen LogP contribution < -0.4 is 11.1 Å². The van der Waals surface area contributed by atoms with E-state index in [1.807, 2.05) is 24.3 Å². The van der Waals surface area contributed by atoms with Crippen LogP contribution in [0, 0.1) is 0 Å². The van der Waals surface area contributed by atoms with E-state index in [0.717, 1.165) is 10.1 Å². The minimum Gasteiger partial charge on any atom is -0.399 e. The van der Waals surface area contributed by atoms with Crippen molar-refractivity contribution in [2.24, 2.45) is 0 Å². The van der Waals surface area contributed by atoms with Gasteiger partial charge in [-0.3, -0.25) is 4.79 Å². The highest BCUT2D eigenvalue weighted by Crippen LogP contribution is 2.32. The van der Waals surface area contributed by atoms with Crippen molar-refractivity contribution in [3.63, 3.8) is 0 Å². The van der Waals surface area contributed by atoms with Crippen LogP contribution in [0.4, 0.5) is 11.4 Å². The molecule has 0 atom stereocenters. The van der Waals surface area contributed by atoms with E-state index in [4.69, 9.17) is 17.3 Å². The maximum atomic E-state index is 12.3. The second-order valence-corrected chi connectivity index (χ2v) is 6.75. The van der Waals surface area contributed by atoms with Gasteiger partial charge in [-0.15, -0.1) is 11.3 Å². The maximum Gasteiger partial charge on any atom is 0.265 e. The van der Waals surface area contributed by atoms with Crippen molar-refractivity contribution in [3.8, 4) is 0 Å². The maximum absolute atomic E-state index is 12.3. The third-order valence-electron chi connectivity index (χ3n) is 2.96. The van der Waals surface area contributed by atoms with Crippen LogP contribution in [0.15, 0.2) is 46.9 Å². The zero-order chi connectivity index (χ0) is 15.0. The summed E-state index contributed by atoms with van der Waals surface area (Å²) in [6, 6.07) is 12.8. The van der Waals surface area contributed by atoms with Crippen molar-refractivity contribution in [2.75, 3.05) is 11.1 Å². The highest BCUT2D eigenvalue weighted by molar-refractivity contribution is 9.10. The zero-order valence-corrected chi connectivity index (χ0v) is 13.8. The number of rotatable bonds is 2. The Labute approximate surface area is 138 Å². The summed E-state index contributed by atoms with van der Waals surface area (Å²) in [6.45, 7) is 0. The van der Waals surface area contributed by atoms with E-state index in [9.17, 15) is 4.79 Å². The van der Waals surface area contributed by atoms with E-state index >= 15 is 0 Å². The molecule has 0 aliphatic heterocycles. The van der Waals surface area contributed by atoms with Gasteiger partial charge in [0, 0.05) is 10.4 Å². The Kier molecular flexibility index (Phi) is 3.89. The Morgan fingerprint density at radius 3 is 2.86 bits per heavy atom. The predicted molar refractivity (Wildman–Crippen MR) is 93.3 cm³/mol. The molecule has 6 heteroatoms. The molecule has 21 heavy (non-hydrogen) atoms. The predicted octanol–water partition coefficient (Wildman–Crippen LogP) is 5.15. The lowest BCUT2D eigenvalue weighted by Crippen LogP contribution is -2.10. The third-order valence-corrected chi connectivity index (χ3v) is 5.48. The molecule has 0 spiro atoms. The average Bonchev–Trinajstić information content (AvgIpc) is 2.87. The van der Waals surface area contributed by atoms with Crippen molar-refractivity contribution in [2.45, 2.75) is 0 Å². The van der Waals surface area contributed by atoms with Crippen LogP contribution in [-0.2, 0) is 0 Å². The second kappa shape index (κ2) is 5.67. The minimum absolute atomic E-state index is 0.169. The fourth-order valence-electron chi connectivity index (χ4n) is 1.96. The van der Waals surface area contributed by atoms with Gasteiger partial charge in [-0.1, -0.05) is 17.7 Å². The first-order valence-corrected chi connectivity index (χ1v) is 8.08. The van der Waals surface area contributed by atoms with Gasteiger partial charge in [0.05, 0.1) is 20.1 Å². The summed E-state index contributed by atoms with van der Waals surface area (Å²) >= 11 is 10.8. The Bertz CT molecular complexity index is 847. The third kappa shape index (κ3) is 2.90. The molecule has 0 aliphatic carbocycles. The molecular formula is C15H10BrClN2OS. The normalized spacial score (nSPS) is 10.8. The smallest absolute Gasteiger partial charge is 0.265 e. The van der Waals surface area contributed by atoms with E-state index < -0.39 is 0 Å². The van der Waals surface area contributed by atoms with Gasteiger partial charge >= 0.3 is 0 Å². The first kappa shape index (κ1) is 14.4. The lowest BCUT2D eigenvalue weighted by molar-refractivity contribution is 0.103. The van der Waals surface area contributed by atoms with Crippen molar-refractivity contribution in [1.29, 1.82) is 0 Å². The molecule has 1 heterocycles. The lowest BCUT2D eigenvalue weighted by atomic mass is 10.2. The number of amides is 1. The molecule has 2 aromatic carbocycles. The molecular weight excluding hydrogens is 372 g/mol. The fourth-order valence-corrected chi connectivity index (χ4v) is 3.43. The number of benzene rings is 2. The Morgan fingerprint density at radius 2 is 2.05 bits per heavy atom. The molecule has 0 radical (unpaired) electrons. The van der Waals surface area contributed by atoms with E-state index in [2.05, 4.69) is 21.2 Å². The van der Waals surface area contributed by atoms with E-state index in [-0.39, 0.29) is 5.91 Å². The molecule has 3 rings (SSSR count). The van der Waals surface area contributed by atoms with Crippen LogP contribution in [0.1, 0.15) is 9.67 Å². The summed E-state index contributed by atoms with van der Waals surface area (Å²) in [5, 5.41) is 4.37. The first-order chi connectivity index (χ1) is 10.0. The number of thiophene rings is 1. The molecule has 0 bridgehead atoms. The largest absolute Gasteiger partial charge is 0.399 e. The summed E-state index contributed by atoms with van der Waals surface area (Å²) in [7, 11) is 0. The van der Waals surface area contributed by atoms with Gasteiger partial charge in [0.1, 0.15) is 0 Å². The summed E-state index contributed by atoms with van der Waals surface area (Å²) in [4.78, 5) is 13.0. The number of fused-ring (bicyclic) bond motifs is 1. The van der Waals surface area contributed by atoms with Gasteiger partial charge in [0.2, 0.25) is 0 Å². The molecule has 0 saturated carbocycles. The number of nitrogens with two attached hydrogens (primary N) is 1. The summed E-state index contributed by atoms with van der Waals surface area (Å²) in [5.74, 6) is -0.169. The van der Waals surface area contributed by atoms with Crippen LogP contribution in [0.2, 0.25) is 5.02 Å². The van der Waals surface area contributed by atoms with Gasteiger partial charge in [-0.05, 0) is 57.7 Å². The molecule has 0 fully saturated rings. The van der Waals surface area contributed by atoms with Gasteiger partial charge in [-0.25, -0.2) is 0 Å². The summed E-state index contributed by atoms with van der Waals surface area (Å²) in [6.07, 6.45) is 0. The highest BCUT2D eigenvalue weighted by Gasteiger charge is 2.13. The average molecular weight is 382 g/mol. The molecule has 106 valence electrons. The molecule has 0 aliphatic rings. The van der Waals surface area contributed by atoms with E-state index in [1.165, 1.54) is 11.3 Å². The van der Waals surface area contributed by atoms with Crippen LogP contribution in [0.25, 0.3) is 10.1 Å². The first-order valence-electron chi connectivity index (χ1n) is 6.09. The van der Waals surface area contributed by atoms with Gasteiger partial charge in [-0.2, -0.15) is 0 Å². The van der Waals surface area contributed by atoms with Crippen LogP contribution in [-0.4, -0.2) is 5.91 Å². The van der Waals surface area contributed by atoms with E-state index in [0.29, 0.717) is 25.7 Å². The topological polar surface area (TPSA) is 55.1 Å². The monoisotopic (exact) mass is 380 g/mol. The molecule has 0 unspecified atom stereocenters. The summed E-state index contributed by atoms with van der Waals surface area (Å²) < 4.78 is 1.70. The Balaban J connectivity index is 1.91. The standard InChI is InChI=1S/C15H10BrClN2OS/c16-14-10(17)2-1-3-11(14)19-15(20)13-7-8-6-9(18)4-5-12(8)21-13/h1-7H,18H2,(H,19,20). The van der Waals surface area contributed by atoms with Crippen LogP contribution in [0.3, 0.4) is 0 Å². The second-order valence-electron chi connectivity index (χ2n) is 4.46. The lowest BCUT2D eigenvalue weighted by Gasteiger charge is -2.06. The number of hydrogen-bond acceptors (Lipinski definition) is 3. The van der Waals surface area contributed by atoms with E-state index in [1.54, 1.807) is 18.2 Å². The number of carbonyl (C=O) groups is 1. The van der Waals surface area contributed by atoms with Crippen molar-refractivity contribution < 1.29 is 4.79 Å². The number of anilines is 2. The minimum atomic E-state index is -0.169. The molecule has 3 nitrogen and oxygen atoms in total. The number of carbonyl (C=O) groups excluding carboxylic acids is 1. The highest BCUT2D eigenvalue weighted by atomic mass is 79.9. The quantitative estimate of drug-likeness (QED) is 0.603. The van der Waals surface area contributed by atoms with Gasteiger partial charge < -0.3 is 11.1 Å². The molecule has 1 amide bonds. The van der Waals surface area contributed by atoms with Crippen LogP contribution in [0.5, 0.6) is 0 Å². The molecule has 3 N–H and O–H groups in total. The zero-order valence-electron chi connectivity index (χ0n) is 10.7. The van der Waals surface area contributed by atoms with Gasteiger partial charge in [0.25, 0.3) is 5.91 Å². The van der Waals surface area contributed by atoms with Crippen LogP contribution >= 0.6 is 38.9 Å². The van der Waals surface area contributed by atoms with Crippen molar-refractivity contribution in [3.05, 3.63) is 56.8 Å². The summed E-state index contributed by atoms with van der Waals surface area (Å²) in [5.41, 5.74) is 7.08. The van der Waals surface area contributed by atoms with Crippen molar-refractivity contribution in [1.82, 2.24) is 0 Å². The number of nitrogens with one attached hydrogen (secondary N) is 1. The number of nitrogen functional groups attached to an aromatic ring is 1. The fraction of sp³-hybridized carbons (Fsp3) is 0. The Morgan fingerprint density at radius 1 is 1.24 bits per heavy atom. The molecule has 3 aromatic rings. The van der Waals surface area contributed by atoms with Gasteiger partial charge in [0.15, 0.2) is 0 Å². The SMILES string of the molecule is Nc1ccc2sc(C(=O)Nc3cccc(Cl)c3Br)cc2c1. The number of hydrogen-bond donors (Lipinski definition) is 2. The Hall–Kier alpha value is -1.56.